The Bertz CT molecular complexity index is 608. The number of rotatable bonds is 7. The summed E-state index contributed by atoms with van der Waals surface area (Å²) in [6, 6.07) is 4.44. The Kier molecular flexibility index (Phi) is 7.69. The third-order valence-corrected chi connectivity index (χ3v) is 5.58. The summed E-state index contributed by atoms with van der Waals surface area (Å²) >= 11 is 0. The third-order valence-electron chi connectivity index (χ3n) is 5.58. The summed E-state index contributed by atoms with van der Waals surface area (Å²) in [5.41, 5.74) is 0.899. The van der Waals surface area contributed by atoms with Gasteiger partial charge in [-0.25, -0.2) is 9.78 Å². The molecule has 0 unspecified atom stereocenters. The number of carbonyl (C=O) groups is 1. The maximum absolute atomic E-state index is 11.4. The van der Waals surface area contributed by atoms with Crippen molar-refractivity contribution in [2.75, 3.05) is 31.6 Å². The van der Waals surface area contributed by atoms with Crippen molar-refractivity contribution in [2.45, 2.75) is 57.9 Å². The van der Waals surface area contributed by atoms with E-state index in [2.05, 4.69) is 15.2 Å². The number of piperidine rings is 1. The lowest BCUT2D eigenvalue weighted by Crippen LogP contribution is -2.44. The molecule has 0 aromatic carbocycles. The molecule has 2 heterocycles. The molecule has 1 aromatic rings. The number of hydrogen-bond acceptors (Lipinski definition) is 5. The lowest BCUT2D eigenvalue weighted by molar-refractivity contribution is -0.137. The molecule has 1 saturated heterocycles. The van der Waals surface area contributed by atoms with Crippen LogP contribution in [0.3, 0.4) is 0 Å². The number of aromatic nitrogens is 1. The highest BCUT2D eigenvalue weighted by molar-refractivity contribution is 5.86. The number of nitrogens with zero attached hydrogens (tertiary/aromatic N) is 2. The summed E-state index contributed by atoms with van der Waals surface area (Å²) in [6.07, 6.45) is 14.5. The first-order chi connectivity index (χ1) is 13.2. The molecule has 5 heteroatoms. The Hall–Kier alpha value is -1.88. The number of nitrogens with one attached hydrogen (secondary N) is 1. The lowest BCUT2D eigenvalue weighted by atomic mass is 9.88. The number of hydrogen-bond donors (Lipinski definition) is 1. The van der Waals surface area contributed by atoms with Crippen LogP contribution in [0.2, 0.25) is 0 Å². The third kappa shape index (κ3) is 6.65. The van der Waals surface area contributed by atoms with Crippen LogP contribution in [-0.2, 0) is 9.53 Å². The molecule has 2 fully saturated rings. The Morgan fingerprint density at radius 3 is 2.85 bits per heavy atom. The van der Waals surface area contributed by atoms with Crippen molar-refractivity contribution in [2.24, 2.45) is 5.92 Å². The molecular formula is C22H33N3O2. The van der Waals surface area contributed by atoms with Crippen LogP contribution in [0.15, 0.2) is 24.4 Å². The number of pyridine rings is 1. The quantitative estimate of drug-likeness (QED) is 0.577. The second-order valence-corrected chi connectivity index (χ2v) is 7.81. The first-order valence-corrected chi connectivity index (χ1v) is 10.5. The molecule has 1 atom stereocenters. The smallest absolute Gasteiger partial charge is 0.330 e. The van der Waals surface area contributed by atoms with E-state index in [-0.39, 0.29) is 5.97 Å². The van der Waals surface area contributed by atoms with Gasteiger partial charge in [-0.15, -0.1) is 0 Å². The van der Waals surface area contributed by atoms with E-state index in [1.165, 1.54) is 64.1 Å². The normalized spacial score (nSPS) is 22.0. The van der Waals surface area contributed by atoms with Crippen molar-refractivity contribution >= 4 is 17.9 Å². The average Bonchev–Trinajstić information content (AvgIpc) is 2.69. The first-order valence-electron chi connectivity index (χ1n) is 10.5. The molecule has 1 aromatic heterocycles. The SMILES string of the molecule is CCOC(=O)/C=C/c1ccc(N[C@@H]2CCCN(CC3CCCCC3)C2)nc1. The van der Waals surface area contributed by atoms with Crippen LogP contribution in [0, 0.1) is 5.92 Å². The van der Waals surface area contributed by atoms with Crippen LogP contribution in [0.4, 0.5) is 5.82 Å². The highest BCUT2D eigenvalue weighted by Crippen LogP contribution is 2.26. The van der Waals surface area contributed by atoms with Gasteiger partial charge in [0.25, 0.3) is 0 Å². The molecule has 27 heavy (non-hydrogen) atoms. The van der Waals surface area contributed by atoms with Crippen LogP contribution >= 0.6 is 0 Å². The Morgan fingerprint density at radius 1 is 1.26 bits per heavy atom. The van der Waals surface area contributed by atoms with Crippen molar-refractivity contribution in [3.63, 3.8) is 0 Å². The molecule has 1 N–H and O–H groups in total. The average molecular weight is 372 g/mol. The van der Waals surface area contributed by atoms with E-state index in [4.69, 9.17) is 4.74 Å². The fourth-order valence-electron chi connectivity index (χ4n) is 4.23. The molecule has 0 amide bonds. The standard InChI is InChI=1S/C22H33N3O2/c1-2-27-22(26)13-11-18-10-12-21(23-15-18)24-20-9-6-14-25(17-20)16-19-7-4-3-5-8-19/h10-13,15,19-20H,2-9,14,16-17H2,1H3,(H,23,24)/b13-11+/t20-/m1/s1. The molecule has 5 nitrogen and oxygen atoms in total. The van der Waals surface area contributed by atoms with E-state index in [9.17, 15) is 4.79 Å². The topological polar surface area (TPSA) is 54.5 Å². The molecule has 0 radical (unpaired) electrons. The fourth-order valence-corrected chi connectivity index (χ4v) is 4.23. The summed E-state index contributed by atoms with van der Waals surface area (Å²) in [5, 5.41) is 3.59. The van der Waals surface area contributed by atoms with Crippen LogP contribution < -0.4 is 5.32 Å². The van der Waals surface area contributed by atoms with Gasteiger partial charge in [-0.2, -0.15) is 0 Å². The van der Waals surface area contributed by atoms with Gasteiger partial charge in [0.15, 0.2) is 0 Å². The van der Waals surface area contributed by atoms with Crippen LogP contribution in [0.5, 0.6) is 0 Å². The summed E-state index contributed by atoms with van der Waals surface area (Å²) in [5.74, 6) is 1.49. The second-order valence-electron chi connectivity index (χ2n) is 7.81. The van der Waals surface area contributed by atoms with Crippen LogP contribution in [0.25, 0.3) is 6.08 Å². The molecule has 3 rings (SSSR count). The van der Waals surface area contributed by atoms with Gasteiger partial charge in [-0.1, -0.05) is 19.3 Å². The Morgan fingerprint density at radius 2 is 2.11 bits per heavy atom. The number of esters is 1. The van der Waals surface area contributed by atoms with Gasteiger partial charge >= 0.3 is 5.97 Å². The number of ether oxygens (including phenoxy) is 1. The van der Waals surface area contributed by atoms with Crippen molar-refractivity contribution in [1.29, 1.82) is 0 Å². The van der Waals surface area contributed by atoms with Crippen LogP contribution in [-0.4, -0.2) is 48.1 Å². The predicted octanol–water partition coefficient (Wildman–Crippen LogP) is 4.11. The van der Waals surface area contributed by atoms with Crippen LogP contribution in [0.1, 0.15) is 57.4 Å². The highest BCUT2D eigenvalue weighted by atomic mass is 16.5. The van der Waals surface area contributed by atoms with E-state index >= 15 is 0 Å². The summed E-state index contributed by atoms with van der Waals surface area (Å²) in [6.45, 7) is 5.81. The maximum Gasteiger partial charge on any atom is 0.330 e. The minimum absolute atomic E-state index is 0.319. The van der Waals surface area contributed by atoms with Gasteiger partial charge in [0.2, 0.25) is 0 Å². The predicted molar refractivity (Wildman–Crippen MR) is 110 cm³/mol. The summed E-state index contributed by atoms with van der Waals surface area (Å²) in [4.78, 5) is 18.5. The van der Waals surface area contributed by atoms with E-state index < -0.39 is 0 Å². The van der Waals surface area contributed by atoms with Gasteiger partial charge in [-0.3, -0.25) is 0 Å². The molecule has 2 aliphatic rings. The van der Waals surface area contributed by atoms with E-state index in [1.54, 1.807) is 19.2 Å². The van der Waals surface area contributed by atoms with E-state index in [0.29, 0.717) is 12.6 Å². The fraction of sp³-hybridized carbons (Fsp3) is 0.636. The number of carbonyl (C=O) groups excluding carboxylic acids is 1. The molecule has 148 valence electrons. The van der Waals surface area contributed by atoms with Crippen molar-refractivity contribution in [3.05, 3.63) is 30.0 Å². The van der Waals surface area contributed by atoms with Gasteiger partial charge < -0.3 is 15.0 Å². The van der Waals surface area contributed by atoms with E-state index in [1.807, 2.05) is 12.1 Å². The number of likely N-dealkylation sites (tertiary alicyclic amines) is 1. The zero-order valence-electron chi connectivity index (χ0n) is 16.5. The van der Waals surface area contributed by atoms with Crippen molar-refractivity contribution in [3.8, 4) is 0 Å². The monoisotopic (exact) mass is 371 g/mol. The molecule has 1 aliphatic carbocycles. The van der Waals surface area contributed by atoms with Gasteiger partial charge in [-0.05, 0) is 68.8 Å². The maximum atomic E-state index is 11.4. The van der Waals surface area contributed by atoms with E-state index in [0.717, 1.165) is 23.8 Å². The molecule has 1 saturated carbocycles. The van der Waals surface area contributed by atoms with Gasteiger partial charge in [0.05, 0.1) is 6.61 Å². The molecule has 0 spiro atoms. The Balaban J connectivity index is 1.47. The molecular weight excluding hydrogens is 338 g/mol. The highest BCUT2D eigenvalue weighted by Gasteiger charge is 2.23. The van der Waals surface area contributed by atoms with Gasteiger partial charge in [0.1, 0.15) is 5.82 Å². The Labute approximate surface area is 163 Å². The second kappa shape index (κ2) is 10.5. The van der Waals surface area contributed by atoms with Gasteiger partial charge in [0, 0.05) is 31.4 Å². The summed E-state index contributed by atoms with van der Waals surface area (Å²) in [7, 11) is 0. The molecule has 0 bridgehead atoms. The number of anilines is 1. The zero-order valence-corrected chi connectivity index (χ0v) is 16.5. The minimum atomic E-state index is -0.319. The minimum Gasteiger partial charge on any atom is -0.463 e. The van der Waals surface area contributed by atoms with Crippen molar-refractivity contribution < 1.29 is 9.53 Å². The summed E-state index contributed by atoms with van der Waals surface area (Å²) < 4.78 is 4.89. The largest absolute Gasteiger partial charge is 0.463 e. The molecule has 1 aliphatic heterocycles. The lowest BCUT2D eigenvalue weighted by Gasteiger charge is -2.36. The zero-order chi connectivity index (χ0) is 18.9. The van der Waals surface area contributed by atoms with Crippen molar-refractivity contribution in [1.82, 2.24) is 9.88 Å². The first kappa shape index (κ1) is 19.9.